The van der Waals surface area contributed by atoms with Crippen LogP contribution in [0.25, 0.3) is 0 Å². The van der Waals surface area contributed by atoms with Crippen LogP contribution in [-0.4, -0.2) is 53.7 Å². The molecule has 1 aromatic heterocycles. The number of benzene rings is 1. The number of ether oxygens (including phenoxy) is 1. The molecule has 2 aromatic rings. The fraction of sp³-hybridized carbons (Fsp3) is 0.421. The highest BCUT2D eigenvalue weighted by Crippen LogP contribution is 2.10. The monoisotopic (exact) mass is 355 g/mol. The first kappa shape index (κ1) is 18.1. The van der Waals surface area contributed by atoms with Gasteiger partial charge in [0.25, 0.3) is 0 Å². The maximum Gasteiger partial charge on any atom is 0.317 e. The molecule has 2 heterocycles. The van der Waals surface area contributed by atoms with E-state index in [0.717, 1.165) is 30.2 Å². The molecular formula is C19H25N5O2. The summed E-state index contributed by atoms with van der Waals surface area (Å²) in [6.07, 6.45) is 3.47. The lowest BCUT2D eigenvalue weighted by Crippen LogP contribution is -2.52. The van der Waals surface area contributed by atoms with Gasteiger partial charge in [-0.15, -0.1) is 0 Å². The van der Waals surface area contributed by atoms with Crippen molar-refractivity contribution in [3.8, 4) is 0 Å². The molecule has 1 fully saturated rings. The number of carbonyl (C=O) groups excluding carboxylic acids is 1. The lowest BCUT2D eigenvalue weighted by Gasteiger charge is -2.34. The smallest absolute Gasteiger partial charge is 0.317 e. The summed E-state index contributed by atoms with van der Waals surface area (Å²) in [5, 5.41) is 2.99. The molecule has 7 nitrogen and oxygen atoms in total. The minimum atomic E-state index is -0.0305. The van der Waals surface area contributed by atoms with Crippen LogP contribution in [-0.2, 0) is 17.9 Å². The molecule has 0 atom stereocenters. The van der Waals surface area contributed by atoms with E-state index in [0.29, 0.717) is 32.8 Å². The lowest BCUT2D eigenvalue weighted by atomic mass is 10.1. The largest absolute Gasteiger partial charge is 0.377 e. The van der Waals surface area contributed by atoms with Gasteiger partial charge in [0.15, 0.2) is 0 Å². The van der Waals surface area contributed by atoms with Gasteiger partial charge in [0, 0.05) is 51.7 Å². The predicted octanol–water partition coefficient (Wildman–Crippen LogP) is 2.04. The van der Waals surface area contributed by atoms with Gasteiger partial charge in [-0.3, -0.25) is 0 Å². The molecule has 0 saturated carbocycles. The molecule has 26 heavy (non-hydrogen) atoms. The van der Waals surface area contributed by atoms with E-state index in [1.54, 1.807) is 18.5 Å². The fourth-order valence-electron chi connectivity index (χ4n) is 2.83. The summed E-state index contributed by atoms with van der Waals surface area (Å²) in [5.41, 5.74) is 2.22. The molecule has 1 saturated heterocycles. The summed E-state index contributed by atoms with van der Waals surface area (Å²) in [4.78, 5) is 24.8. The van der Waals surface area contributed by atoms with Gasteiger partial charge in [-0.1, -0.05) is 24.3 Å². The SMILES string of the molecule is CCOCc1ccc(CNC(=O)N2CCN(c3ncccn3)CC2)cc1. The first-order valence-electron chi connectivity index (χ1n) is 8.96. The van der Waals surface area contributed by atoms with Crippen LogP contribution >= 0.6 is 0 Å². The van der Waals surface area contributed by atoms with Crippen molar-refractivity contribution >= 4 is 12.0 Å². The summed E-state index contributed by atoms with van der Waals surface area (Å²) in [6.45, 7) is 6.65. The number of anilines is 1. The van der Waals surface area contributed by atoms with Crippen LogP contribution in [0.2, 0.25) is 0 Å². The summed E-state index contributed by atoms with van der Waals surface area (Å²) in [6, 6.07) is 9.90. The Morgan fingerprint density at radius 1 is 1.08 bits per heavy atom. The van der Waals surface area contributed by atoms with Crippen LogP contribution in [0.3, 0.4) is 0 Å². The minimum Gasteiger partial charge on any atom is -0.377 e. The molecule has 1 aliphatic heterocycles. The highest BCUT2D eigenvalue weighted by atomic mass is 16.5. The number of rotatable bonds is 6. The highest BCUT2D eigenvalue weighted by molar-refractivity contribution is 5.74. The maximum atomic E-state index is 12.4. The number of hydrogen-bond acceptors (Lipinski definition) is 5. The van der Waals surface area contributed by atoms with Crippen LogP contribution in [0, 0.1) is 0 Å². The first-order chi connectivity index (χ1) is 12.8. The van der Waals surface area contributed by atoms with Crippen LogP contribution in [0.5, 0.6) is 0 Å². The molecule has 0 radical (unpaired) electrons. The zero-order valence-electron chi connectivity index (χ0n) is 15.1. The van der Waals surface area contributed by atoms with E-state index in [2.05, 4.69) is 20.2 Å². The number of urea groups is 1. The van der Waals surface area contributed by atoms with Crippen LogP contribution in [0.4, 0.5) is 10.7 Å². The van der Waals surface area contributed by atoms with Crippen LogP contribution < -0.4 is 10.2 Å². The Balaban J connectivity index is 1.43. The number of nitrogens with one attached hydrogen (secondary N) is 1. The Labute approximate surface area is 154 Å². The number of amides is 2. The van der Waals surface area contributed by atoms with E-state index in [9.17, 15) is 4.79 Å². The van der Waals surface area contributed by atoms with Crippen molar-refractivity contribution in [2.24, 2.45) is 0 Å². The highest BCUT2D eigenvalue weighted by Gasteiger charge is 2.22. The van der Waals surface area contributed by atoms with Crippen LogP contribution in [0.1, 0.15) is 18.1 Å². The Morgan fingerprint density at radius 2 is 1.73 bits per heavy atom. The average molecular weight is 355 g/mol. The molecule has 1 aliphatic rings. The molecular weight excluding hydrogens is 330 g/mol. The van der Waals surface area contributed by atoms with E-state index in [-0.39, 0.29) is 6.03 Å². The molecule has 138 valence electrons. The van der Waals surface area contributed by atoms with Gasteiger partial charge >= 0.3 is 6.03 Å². The summed E-state index contributed by atoms with van der Waals surface area (Å²) in [7, 11) is 0. The normalized spacial score (nSPS) is 14.3. The molecule has 7 heteroatoms. The second kappa shape index (κ2) is 9.15. The summed E-state index contributed by atoms with van der Waals surface area (Å²) in [5.74, 6) is 0.722. The third-order valence-corrected chi connectivity index (χ3v) is 4.34. The quantitative estimate of drug-likeness (QED) is 0.859. The van der Waals surface area contributed by atoms with E-state index >= 15 is 0 Å². The van der Waals surface area contributed by atoms with Crippen molar-refractivity contribution < 1.29 is 9.53 Å². The standard InChI is InChI=1S/C19H25N5O2/c1-2-26-15-17-6-4-16(5-7-17)14-22-19(25)24-12-10-23(11-13-24)18-20-8-3-9-21-18/h3-9H,2,10-15H2,1H3,(H,22,25). The van der Waals surface area contributed by atoms with Crippen molar-refractivity contribution in [2.45, 2.75) is 20.1 Å². The zero-order valence-corrected chi connectivity index (χ0v) is 15.1. The molecule has 0 bridgehead atoms. The van der Waals surface area contributed by atoms with Crippen molar-refractivity contribution in [2.75, 3.05) is 37.7 Å². The number of nitrogens with zero attached hydrogens (tertiary/aromatic N) is 4. The second-order valence-corrected chi connectivity index (χ2v) is 6.14. The van der Waals surface area contributed by atoms with Gasteiger partial charge in [0.05, 0.1) is 6.61 Å². The topological polar surface area (TPSA) is 70.6 Å². The number of hydrogen-bond donors (Lipinski definition) is 1. The van der Waals surface area contributed by atoms with Gasteiger partial charge < -0.3 is 19.9 Å². The molecule has 0 aliphatic carbocycles. The van der Waals surface area contributed by atoms with Gasteiger partial charge in [-0.2, -0.15) is 0 Å². The number of carbonyl (C=O) groups is 1. The zero-order chi connectivity index (χ0) is 18.2. The Kier molecular flexibility index (Phi) is 6.38. The van der Waals surface area contributed by atoms with Crippen molar-refractivity contribution in [1.82, 2.24) is 20.2 Å². The van der Waals surface area contributed by atoms with Crippen molar-refractivity contribution in [1.29, 1.82) is 0 Å². The first-order valence-corrected chi connectivity index (χ1v) is 8.96. The van der Waals surface area contributed by atoms with Crippen molar-refractivity contribution in [3.05, 3.63) is 53.9 Å². The second-order valence-electron chi connectivity index (χ2n) is 6.14. The average Bonchev–Trinajstić information content (AvgIpc) is 2.72. The van der Waals surface area contributed by atoms with E-state index in [4.69, 9.17) is 4.74 Å². The van der Waals surface area contributed by atoms with E-state index in [1.807, 2.05) is 36.1 Å². The third-order valence-electron chi connectivity index (χ3n) is 4.34. The molecule has 0 spiro atoms. The van der Waals surface area contributed by atoms with Crippen LogP contribution in [0.15, 0.2) is 42.7 Å². The fourth-order valence-corrected chi connectivity index (χ4v) is 2.83. The summed E-state index contributed by atoms with van der Waals surface area (Å²) >= 11 is 0. The Bertz CT molecular complexity index is 685. The predicted molar refractivity (Wildman–Crippen MR) is 99.8 cm³/mol. The maximum absolute atomic E-state index is 12.4. The third kappa shape index (κ3) is 4.92. The lowest BCUT2D eigenvalue weighted by molar-refractivity contribution is 0.134. The molecule has 1 N–H and O–H groups in total. The molecule has 3 rings (SSSR count). The van der Waals surface area contributed by atoms with E-state index in [1.165, 1.54) is 0 Å². The van der Waals surface area contributed by atoms with Gasteiger partial charge in [0.2, 0.25) is 5.95 Å². The Hall–Kier alpha value is -2.67. The number of aromatic nitrogens is 2. The van der Waals surface area contributed by atoms with Crippen molar-refractivity contribution in [3.63, 3.8) is 0 Å². The molecule has 1 aromatic carbocycles. The minimum absolute atomic E-state index is 0.0305. The van der Waals surface area contributed by atoms with Gasteiger partial charge in [-0.05, 0) is 24.1 Å². The molecule has 2 amide bonds. The van der Waals surface area contributed by atoms with Gasteiger partial charge in [-0.25, -0.2) is 14.8 Å². The number of piperazine rings is 1. The summed E-state index contributed by atoms with van der Waals surface area (Å²) < 4.78 is 5.39. The van der Waals surface area contributed by atoms with Gasteiger partial charge in [0.1, 0.15) is 0 Å². The van der Waals surface area contributed by atoms with E-state index < -0.39 is 0 Å². The Morgan fingerprint density at radius 3 is 2.38 bits per heavy atom. The molecule has 0 unspecified atom stereocenters.